The van der Waals surface area contributed by atoms with E-state index in [9.17, 15) is 0 Å². The summed E-state index contributed by atoms with van der Waals surface area (Å²) in [6, 6.07) is 8.54. The Hall–Kier alpha value is -1.83. The van der Waals surface area contributed by atoms with Crippen molar-refractivity contribution in [1.82, 2.24) is 10.6 Å². The van der Waals surface area contributed by atoms with Crippen LogP contribution in [0.25, 0.3) is 0 Å². The van der Waals surface area contributed by atoms with E-state index in [1.165, 1.54) is 11.3 Å². The Labute approximate surface area is 181 Å². The molecule has 0 aromatic heterocycles. The molecule has 2 aliphatic heterocycles. The number of para-hydroxylation sites is 1. The van der Waals surface area contributed by atoms with Crippen molar-refractivity contribution in [3.63, 3.8) is 0 Å². The molecule has 2 fully saturated rings. The number of hydrogen-bond donors (Lipinski definition) is 2. The first-order valence-electron chi connectivity index (χ1n) is 11.4. The van der Waals surface area contributed by atoms with E-state index in [-0.39, 0.29) is 0 Å². The minimum absolute atomic E-state index is 0.656. The largest absolute Gasteiger partial charge is 0.381 e. The first kappa shape index (κ1) is 22.8. The molecule has 0 amide bonds. The summed E-state index contributed by atoms with van der Waals surface area (Å²) in [6.45, 7) is 11.3. The topological polar surface area (TPSA) is 67.4 Å². The summed E-state index contributed by atoms with van der Waals surface area (Å²) >= 11 is 0. The van der Waals surface area contributed by atoms with Gasteiger partial charge in [0.15, 0.2) is 5.96 Å². The van der Waals surface area contributed by atoms with Gasteiger partial charge >= 0.3 is 0 Å². The summed E-state index contributed by atoms with van der Waals surface area (Å²) in [7, 11) is 0. The average Bonchev–Trinajstić information content (AvgIpc) is 2.81. The number of hydrogen-bond acceptors (Lipinski definition) is 5. The van der Waals surface area contributed by atoms with E-state index < -0.39 is 0 Å². The number of guanidine groups is 1. The molecular formula is C23H38N4O3. The van der Waals surface area contributed by atoms with Gasteiger partial charge in [0.2, 0.25) is 0 Å². The number of nitrogens with zero attached hydrogens (tertiary/aromatic N) is 2. The van der Waals surface area contributed by atoms with Crippen molar-refractivity contribution in [3.05, 3.63) is 29.8 Å². The minimum Gasteiger partial charge on any atom is -0.381 e. The number of rotatable bonds is 10. The van der Waals surface area contributed by atoms with Gasteiger partial charge in [-0.25, -0.2) is 4.99 Å². The summed E-state index contributed by atoms with van der Waals surface area (Å²) in [5.74, 6) is 1.52. The van der Waals surface area contributed by atoms with Crippen LogP contribution < -0.4 is 15.5 Å². The number of morpholine rings is 1. The smallest absolute Gasteiger partial charge is 0.191 e. The Morgan fingerprint density at radius 2 is 1.87 bits per heavy atom. The van der Waals surface area contributed by atoms with Gasteiger partial charge in [0.25, 0.3) is 0 Å². The highest BCUT2D eigenvalue weighted by molar-refractivity contribution is 5.79. The lowest BCUT2D eigenvalue weighted by atomic mass is 10.0. The number of anilines is 1. The quantitative estimate of drug-likeness (QED) is 0.346. The molecule has 2 saturated heterocycles. The summed E-state index contributed by atoms with van der Waals surface area (Å²) < 4.78 is 16.7. The van der Waals surface area contributed by atoms with E-state index in [2.05, 4.69) is 46.7 Å². The van der Waals surface area contributed by atoms with Crippen LogP contribution in [0.2, 0.25) is 0 Å². The molecule has 0 unspecified atom stereocenters. The van der Waals surface area contributed by atoms with Gasteiger partial charge < -0.3 is 29.7 Å². The maximum atomic E-state index is 5.86. The van der Waals surface area contributed by atoms with Crippen molar-refractivity contribution in [2.24, 2.45) is 10.9 Å². The Morgan fingerprint density at radius 1 is 1.10 bits per heavy atom. The first-order chi connectivity index (χ1) is 14.9. The second-order valence-corrected chi connectivity index (χ2v) is 7.83. The predicted molar refractivity (Wildman–Crippen MR) is 121 cm³/mol. The normalized spacial score (nSPS) is 18.4. The average molecular weight is 419 g/mol. The molecule has 2 N–H and O–H groups in total. The van der Waals surface area contributed by atoms with Gasteiger partial charge in [0, 0.05) is 58.3 Å². The van der Waals surface area contributed by atoms with Crippen LogP contribution in [0.4, 0.5) is 5.69 Å². The summed E-state index contributed by atoms with van der Waals surface area (Å²) in [5.41, 5.74) is 2.51. The van der Waals surface area contributed by atoms with Gasteiger partial charge in [0.1, 0.15) is 0 Å². The van der Waals surface area contributed by atoms with Gasteiger partial charge in [0.05, 0.1) is 19.8 Å². The second kappa shape index (κ2) is 13.5. The van der Waals surface area contributed by atoms with Gasteiger partial charge in [-0.3, -0.25) is 0 Å². The summed E-state index contributed by atoms with van der Waals surface area (Å²) in [5, 5.41) is 6.78. The molecular weight excluding hydrogens is 380 g/mol. The molecule has 0 bridgehead atoms. The van der Waals surface area contributed by atoms with Crippen LogP contribution in [0.15, 0.2) is 29.3 Å². The Kier molecular flexibility index (Phi) is 10.3. The maximum absolute atomic E-state index is 5.86. The van der Waals surface area contributed by atoms with Gasteiger partial charge in [-0.2, -0.15) is 0 Å². The second-order valence-electron chi connectivity index (χ2n) is 7.83. The Bertz CT molecular complexity index is 629. The molecule has 0 aliphatic carbocycles. The third-order valence-electron chi connectivity index (χ3n) is 5.55. The lowest BCUT2D eigenvalue weighted by molar-refractivity contribution is 0.0203. The van der Waals surface area contributed by atoms with Crippen molar-refractivity contribution in [2.45, 2.75) is 32.7 Å². The van der Waals surface area contributed by atoms with Crippen LogP contribution in [-0.2, 0) is 20.8 Å². The van der Waals surface area contributed by atoms with Crippen LogP contribution in [0.3, 0.4) is 0 Å². The number of benzene rings is 1. The van der Waals surface area contributed by atoms with E-state index >= 15 is 0 Å². The zero-order valence-electron chi connectivity index (χ0n) is 18.4. The molecule has 168 valence electrons. The van der Waals surface area contributed by atoms with Crippen LogP contribution in [-0.4, -0.2) is 71.8 Å². The zero-order valence-corrected chi connectivity index (χ0v) is 18.4. The molecule has 0 radical (unpaired) electrons. The molecule has 1 aromatic carbocycles. The SMILES string of the molecule is CCNC(=NCc1ccccc1N1CCOCC1)NCCCOCC1CCOCC1. The van der Waals surface area contributed by atoms with E-state index in [0.29, 0.717) is 12.5 Å². The fourth-order valence-electron chi connectivity index (χ4n) is 3.81. The summed E-state index contributed by atoms with van der Waals surface area (Å²) in [6.07, 6.45) is 3.22. The van der Waals surface area contributed by atoms with Crippen molar-refractivity contribution < 1.29 is 14.2 Å². The number of aliphatic imine (C=N–C) groups is 1. The lowest BCUT2D eigenvalue weighted by Crippen LogP contribution is -2.38. The molecule has 0 saturated carbocycles. The molecule has 0 spiro atoms. The molecule has 3 rings (SSSR count). The third kappa shape index (κ3) is 7.78. The molecule has 7 heteroatoms. The predicted octanol–water partition coefficient (Wildman–Crippen LogP) is 2.41. The van der Waals surface area contributed by atoms with Crippen molar-refractivity contribution >= 4 is 11.6 Å². The van der Waals surface area contributed by atoms with Crippen molar-refractivity contribution in [3.8, 4) is 0 Å². The van der Waals surface area contributed by atoms with Crippen LogP contribution in [0, 0.1) is 5.92 Å². The maximum Gasteiger partial charge on any atom is 0.191 e. The Morgan fingerprint density at radius 3 is 2.67 bits per heavy atom. The number of ether oxygens (including phenoxy) is 3. The molecule has 1 aromatic rings. The van der Waals surface area contributed by atoms with E-state index in [4.69, 9.17) is 19.2 Å². The monoisotopic (exact) mass is 418 g/mol. The zero-order chi connectivity index (χ0) is 20.9. The van der Waals surface area contributed by atoms with Crippen LogP contribution >= 0.6 is 0 Å². The van der Waals surface area contributed by atoms with Crippen molar-refractivity contribution in [2.75, 3.05) is 70.7 Å². The van der Waals surface area contributed by atoms with Gasteiger partial charge in [-0.15, -0.1) is 0 Å². The highest BCUT2D eigenvalue weighted by atomic mass is 16.5. The van der Waals surface area contributed by atoms with E-state index in [1.807, 2.05) is 0 Å². The third-order valence-corrected chi connectivity index (χ3v) is 5.55. The number of nitrogens with one attached hydrogen (secondary N) is 2. The minimum atomic E-state index is 0.656. The van der Waals surface area contributed by atoms with Gasteiger partial charge in [-0.1, -0.05) is 18.2 Å². The summed E-state index contributed by atoms with van der Waals surface area (Å²) in [4.78, 5) is 7.21. The van der Waals surface area contributed by atoms with E-state index in [1.54, 1.807) is 0 Å². The Balaban J connectivity index is 1.42. The fourth-order valence-corrected chi connectivity index (χ4v) is 3.81. The van der Waals surface area contributed by atoms with Crippen LogP contribution in [0.5, 0.6) is 0 Å². The standard InChI is InChI=1S/C23H38N4O3/c1-2-24-23(25-10-5-13-30-19-20-8-14-28-15-9-20)26-18-21-6-3-4-7-22(21)27-11-16-29-17-12-27/h3-4,6-7,20H,2,5,8-19H2,1H3,(H2,24,25,26). The molecule has 0 atom stereocenters. The fraction of sp³-hybridized carbons (Fsp3) is 0.696. The van der Waals surface area contributed by atoms with Gasteiger partial charge in [-0.05, 0) is 43.7 Å². The van der Waals surface area contributed by atoms with Crippen molar-refractivity contribution in [1.29, 1.82) is 0 Å². The van der Waals surface area contributed by atoms with Crippen LogP contribution in [0.1, 0.15) is 31.7 Å². The highest BCUT2D eigenvalue weighted by Gasteiger charge is 2.15. The van der Waals surface area contributed by atoms with E-state index in [0.717, 1.165) is 91.0 Å². The molecule has 7 nitrogen and oxygen atoms in total. The lowest BCUT2D eigenvalue weighted by Gasteiger charge is -2.30. The molecule has 2 heterocycles. The molecule has 30 heavy (non-hydrogen) atoms. The molecule has 2 aliphatic rings. The first-order valence-corrected chi connectivity index (χ1v) is 11.4. The highest BCUT2D eigenvalue weighted by Crippen LogP contribution is 2.22.